The Morgan fingerprint density at radius 3 is 2.71 bits per heavy atom. The quantitative estimate of drug-likeness (QED) is 0.257. The van der Waals surface area contributed by atoms with Gasteiger partial charge in [-0.1, -0.05) is 24.3 Å². The molecule has 8 heteroatoms. The third-order valence-corrected chi connectivity index (χ3v) is 5.65. The number of nitrogens with zero attached hydrogens (tertiary/aromatic N) is 3. The summed E-state index contributed by atoms with van der Waals surface area (Å²) in [5.41, 5.74) is 2.67. The number of thioether (sulfide) groups is 1. The minimum atomic E-state index is -0.174. The van der Waals surface area contributed by atoms with Gasteiger partial charge in [-0.15, -0.1) is 0 Å². The number of aryl methyl sites for hydroxylation is 1. The standard InChI is InChI=1S/C23H28N6OS/c1-18(15-31-16-21-10-5-6-12-25-21)28-23(26-13-7-11-20-14-24-17-27-20)29-22(30)19-8-3-2-4-9-19/h2-6,8-10,12,14,17-18H,7,11,13,15-16H2,1H3,(H,24,27)(H2,26,28,29,30). The summed E-state index contributed by atoms with van der Waals surface area (Å²) >= 11 is 1.79. The molecule has 0 aliphatic carbocycles. The third-order valence-electron chi connectivity index (χ3n) is 4.41. The van der Waals surface area contributed by atoms with Crippen LogP contribution in [-0.2, 0) is 12.2 Å². The molecule has 0 aliphatic rings. The Hall–Kier alpha value is -3.13. The molecular formula is C23H28N6OS. The van der Waals surface area contributed by atoms with Crippen molar-refractivity contribution in [2.24, 2.45) is 4.99 Å². The van der Waals surface area contributed by atoms with Crippen LogP contribution in [0.1, 0.15) is 35.1 Å². The second kappa shape index (κ2) is 12.5. The average Bonchev–Trinajstić information content (AvgIpc) is 3.31. The summed E-state index contributed by atoms with van der Waals surface area (Å²) in [6, 6.07) is 15.2. The van der Waals surface area contributed by atoms with Crippen molar-refractivity contribution in [2.45, 2.75) is 31.6 Å². The van der Waals surface area contributed by atoms with Crippen LogP contribution in [0, 0.1) is 0 Å². The van der Waals surface area contributed by atoms with Gasteiger partial charge < -0.3 is 10.3 Å². The minimum absolute atomic E-state index is 0.134. The largest absolute Gasteiger partial charge is 0.353 e. The summed E-state index contributed by atoms with van der Waals surface area (Å²) in [5, 5.41) is 6.28. The van der Waals surface area contributed by atoms with Crippen molar-refractivity contribution in [3.63, 3.8) is 0 Å². The van der Waals surface area contributed by atoms with Crippen molar-refractivity contribution in [1.82, 2.24) is 25.6 Å². The maximum atomic E-state index is 12.6. The van der Waals surface area contributed by atoms with E-state index in [4.69, 9.17) is 0 Å². The molecule has 0 aliphatic heterocycles. The highest BCUT2D eigenvalue weighted by Gasteiger charge is 2.11. The minimum Gasteiger partial charge on any atom is -0.353 e. The Morgan fingerprint density at radius 2 is 1.97 bits per heavy atom. The molecule has 3 rings (SSSR count). The molecule has 0 spiro atoms. The lowest BCUT2D eigenvalue weighted by Crippen LogP contribution is -2.45. The van der Waals surface area contributed by atoms with E-state index < -0.39 is 0 Å². The number of imidazole rings is 1. The van der Waals surface area contributed by atoms with E-state index in [-0.39, 0.29) is 11.9 Å². The lowest BCUT2D eigenvalue weighted by molar-refractivity contribution is 0.0975. The van der Waals surface area contributed by atoms with Gasteiger partial charge in [-0.2, -0.15) is 11.8 Å². The highest BCUT2D eigenvalue weighted by atomic mass is 32.2. The van der Waals surface area contributed by atoms with Crippen LogP contribution >= 0.6 is 11.8 Å². The molecule has 3 aromatic rings. The molecule has 2 aromatic heterocycles. The van der Waals surface area contributed by atoms with Gasteiger partial charge in [0.25, 0.3) is 5.91 Å². The van der Waals surface area contributed by atoms with Gasteiger partial charge in [0.2, 0.25) is 0 Å². The second-order valence-electron chi connectivity index (χ2n) is 7.10. The fraction of sp³-hybridized carbons (Fsp3) is 0.304. The van der Waals surface area contributed by atoms with Crippen LogP contribution < -0.4 is 10.6 Å². The molecule has 0 fully saturated rings. The van der Waals surface area contributed by atoms with Gasteiger partial charge in [0.1, 0.15) is 0 Å². The van der Waals surface area contributed by atoms with E-state index >= 15 is 0 Å². The Kier molecular flexibility index (Phi) is 9.12. The Labute approximate surface area is 187 Å². The number of amides is 1. The average molecular weight is 437 g/mol. The van der Waals surface area contributed by atoms with E-state index in [2.05, 4.69) is 37.5 Å². The molecular weight excluding hydrogens is 408 g/mol. The predicted molar refractivity (Wildman–Crippen MR) is 126 cm³/mol. The zero-order valence-corrected chi connectivity index (χ0v) is 18.4. The second-order valence-corrected chi connectivity index (χ2v) is 8.13. The summed E-state index contributed by atoms with van der Waals surface area (Å²) in [6.45, 7) is 2.68. The zero-order valence-electron chi connectivity index (χ0n) is 17.6. The van der Waals surface area contributed by atoms with Crippen molar-refractivity contribution in [2.75, 3.05) is 12.3 Å². The number of hydrogen-bond donors (Lipinski definition) is 3. The van der Waals surface area contributed by atoms with Crippen LogP contribution in [0.25, 0.3) is 0 Å². The molecule has 0 bridgehead atoms. The van der Waals surface area contributed by atoms with Crippen molar-refractivity contribution in [3.8, 4) is 0 Å². The summed E-state index contributed by atoms with van der Waals surface area (Å²) in [5.74, 6) is 2.04. The molecule has 0 radical (unpaired) electrons. The molecule has 162 valence electrons. The Bertz CT molecular complexity index is 931. The molecule has 1 aromatic carbocycles. The number of carbonyl (C=O) groups is 1. The Morgan fingerprint density at radius 1 is 1.13 bits per heavy atom. The molecule has 7 nitrogen and oxygen atoms in total. The van der Waals surface area contributed by atoms with Gasteiger partial charge in [-0.05, 0) is 44.0 Å². The predicted octanol–water partition coefficient (Wildman–Crippen LogP) is 3.43. The van der Waals surface area contributed by atoms with Crippen molar-refractivity contribution < 1.29 is 4.79 Å². The highest BCUT2D eigenvalue weighted by Crippen LogP contribution is 2.10. The van der Waals surface area contributed by atoms with E-state index in [0.29, 0.717) is 18.1 Å². The molecule has 3 N–H and O–H groups in total. The van der Waals surface area contributed by atoms with Crippen LogP contribution in [-0.4, -0.2) is 45.2 Å². The molecule has 31 heavy (non-hydrogen) atoms. The number of guanidine groups is 1. The Balaban J connectivity index is 1.53. The normalized spacial score (nSPS) is 12.4. The molecule has 0 saturated heterocycles. The lowest BCUT2D eigenvalue weighted by atomic mass is 10.2. The smallest absolute Gasteiger partial charge is 0.257 e. The molecule has 1 atom stereocenters. The zero-order chi connectivity index (χ0) is 21.7. The number of carbonyl (C=O) groups excluding carboxylic acids is 1. The number of hydrogen-bond acceptors (Lipinski definition) is 5. The fourth-order valence-electron chi connectivity index (χ4n) is 2.87. The number of H-pyrrole nitrogens is 1. The molecule has 0 saturated carbocycles. The third kappa shape index (κ3) is 8.25. The van der Waals surface area contributed by atoms with Crippen LogP contribution in [0.15, 0.2) is 72.2 Å². The van der Waals surface area contributed by atoms with E-state index in [1.54, 1.807) is 30.2 Å². The summed E-state index contributed by atoms with van der Waals surface area (Å²) in [6.07, 6.45) is 7.06. The molecule has 2 heterocycles. The number of aromatic amines is 1. The first-order valence-electron chi connectivity index (χ1n) is 10.3. The van der Waals surface area contributed by atoms with Gasteiger partial charge >= 0.3 is 0 Å². The number of rotatable bonds is 10. The molecule has 1 unspecified atom stereocenters. The number of aliphatic imine (C=N–C) groups is 1. The van der Waals surface area contributed by atoms with E-state index in [0.717, 1.165) is 35.7 Å². The maximum Gasteiger partial charge on any atom is 0.257 e. The topological polar surface area (TPSA) is 95.1 Å². The SMILES string of the molecule is CC(CSCc1ccccn1)NC(=NCCCc1c[nH]cn1)NC(=O)c1ccccc1. The first kappa shape index (κ1) is 22.6. The lowest BCUT2D eigenvalue weighted by Gasteiger charge is -2.17. The highest BCUT2D eigenvalue weighted by molar-refractivity contribution is 7.98. The first-order chi connectivity index (χ1) is 15.2. The summed E-state index contributed by atoms with van der Waals surface area (Å²) < 4.78 is 0. The van der Waals surface area contributed by atoms with Crippen LogP contribution in [0.2, 0.25) is 0 Å². The number of nitrogens with one attached hydrogen (secondary N) is 3. The van der Waals surface area contributed by atoms with Gasteiger partial charge in [-0.25, -0.2) is 4.98 Å². The van der Waals surface area contributed by atoms with Crippen molar-refractivity contribution >= 4 is 23.6 Å². The monoisotopic (exact) mass is 436 g/mol. The molecule has 1 amide bonds. The van der Waals surface area contributed by atoms with E-state index in [9.17, 15) is 4.79 Å². The van der Waals surface area contributed by atoms with Gasteiger partial charge in [0.05, 0.1) is 17.7 Å². The number of aromatic nitrogens is 3. The van der Waals surface area contributed by atoms with Crippen molar-refractivity contribution in [3.05, 3.63) is 84.2 Å². The van der Waals surface area contributed by atoms with Crippen LogP contribution in [0.4, 0.5) is 0 Å². The van der Waals surface area contributed by atoms with Gasteiger partial charge in [0.15, 0.2) is 5.96 Å². The summed E-state index contributed by atoms with van der Waals surface area (Å²) in [4.78, 5) is 28.7. The van der Waals surface area contributed by atoms with Crippen molar-refractivity contribution in [1.29, 1.82) is 0 Å². The number of pyridine rings is 1. The maximum absolute atomic E-state index is 12.6. The summed E-state index contributed by atoms with van der Waals surface area (Å²) in [7, 11) is 0. The van der Waals surface area contributed by atoms with E-state index in [1.807, 2.05) is 48.8 Å². The number of benzene rings is 1. The fourth-order valence-corrected chi connectivity index (χ4v) is 3.80. The van der Waals surface area contributed by atoms with Gasteiger partial charge in [0, 0.05) is 42.0 Å². The van der Waals surface area contributed by atoms with Crippen LogP contribution in [0.3, 0.4) is 0 Å². The van der Waals surface area contributed by atoms with Gasteiger partial charge in [-0.3, -0.25) is 20.1 Å². The van der Waals surface area contributed by atoms with E-state index in [1.165, 1.54) is 0 Å². The van der Waals surface area contributed by atoms with Crippen LogP contribution in [0.5, 0.6) is 0 Å². The first-order valence-corrected chi connectivity index (χ1v) is 11.5.